The molecule has 16 heavy (non-hydrogen) atoms. The van der Waals surface area contributed by atoms with Crippen molar-refractivity contribution < 1.29 is 13.2 Å². The van der Waals surface area contributed by atoms with E-state index in [0.29, 0.717) is 0 Å². The summed E-state index contributed by atoms with van der Waals surface area (Å²) in [4.78, 5) is 0. The number of alkyl halides is 3. The number of rotatable bonds is 2. The zero-order valence-electron chi connectivity index (χ0n) is 8.01. The molecule has 0 amide bonds. The van der Waals surface area contributed by atoms with Gasteiger partial charge in [0.15, 0.2) is 5.11 Å². The van der Waals surface area contributed by atoms with Crippen LogP contribution in [0.5, 0.6) is 0 Å². The quantitative estimate of drug-likeness (QED) is 0.479. The summed E-state index contributed by atoms with van der Waals surface area (Å²) in [5.41, 5.74) is 1.32. The highest BCUT2D eigenvalue weighted by Gasteiger charge is 2.33. The Balaban J connectivity index is 2.96. The molecule has 7 heteroatoms. The molecule has 2 N–H and O–H groups in total. The predicted octanol–water partition coefficient (Wildman–Crippen LogP) is 2.61. The van der Waals surface area contributed by atoms with Crippen molar-refractivity contribution in [2.24, 2.45) is 5.10 Å². The molecule has 0 aliphatic heterocycles. The largest absolute Gasteiger partial charge is 0.418 e. The lowest BCUT2D eigenvalue weighted by atomic mass is 10.2. The van der Waals surface area contributed by atoms with E-state index in [9.17, 15) is 13.2 Å². The topological polar surface area (TPSA) is 36.4 Å². The summed E-state index contributed by atoms with van der Waals surface area (Å²) in [7, 11) is 0. The van der Waals surface area contributed by atoms with Crippen molar-refractivity contribution in [3.63, 3.8) is 0 Å². The highest BCUT2D eigenvalue weighted by Crippen LogP contribution is 2.34. The molecule has 0 bridgehead atoms. The maximum absolute atomic E-state index is 12.5. The maximum Gasteiger partial charge on any atom is 0.418 e. The molecule has 0 heterocycles. The number of benzene rings is 1. The molecule has 1 rings (SSSR count). The molecule has 1 aromatic rings. The summed E-state index contributed by atoms with van der Waals surface area (Å²) in [6.45, 7) is 3.10. The molecule has 0 aliphatic carbocycles. The van der Waals surface area contributed by atoms with Crippen molar-refractivity contribution in [1.82, 2.24) is 5.43 Å². The first kappa shape index (κ1) is 12.4. The number of hydrogen-bond donors (Lipinski definition) is 2. The van der Waals surface area contributed by atoms with Gasteiger partial charge >= 0.3 is 6.18 Å². The second kappa shape index (κ2) is 4.93. The Hall–Kier alpha value is -1.63. The fraction of sp³-hybridized carbons (Fsp3) is 0.111. The average Bonchev–Trinajstić information content (AvgIpc) is 2.17. The van der Waals surface area contributed by atoms with Crippen molar-refractivity contribution in [2.45, 2.75) is 6.18 Å². The fourth-order valence-corrected chi connectivity index (χ4v) is 1.24. The van der Waals surface area contributed by atoms with Gasteiger partial charge in [-0.2, -0.15) is 18.3 Å². The lowest BCUT2D eigenvalue weighted by Gasteiger charge is -2.14. The zero-order chi connectivity index (χ0) is 12.2. The number of nitrogens with one attached hydrogen (secondary N) is 2. The van der Waals surface area contributed by atoms with E-state index in [4.69, 9.17) is 12.2 Å². The lowest BCUT2D eigenvalue weighted by Crippen LogP contribution is -2.24. The molecular weight excluding hydrogens is 239 g/mol. The van der Waals surface area contributed by atoms with Gasteiger partial charge in [-0.05, 0) is 24.4 Å². The van der Waals surface area contributed by atoms with E-state index >= 15 is 0 Å². The number of hydrazone groups is 1. The van der Waals surface area contributed by atoms with E-state index in [1.807, 2.05) is 0 Å². The Morgan fingerprint density at radius 3 is 2.50 bits per heavy atom. The molecule has 0 aliphatic rings. The summed E-state index contributed by atoms with van der Waals surface area (Å²) in [5, 5.41) is 5.57. The minimum absolute atomic E-state index is 0.0494. The molecule has 0 aromatic heterocycles. The smallest absolute Gasteiger partial charge is 0.331 e. The maximum atomic E-state index is 12.5. The summed E-state index contributed by atoms with van der Waals surface area (Å²) in [6, 6.07) is 5.02. The second-order valence-corrected chi connectivity index (χ2v) is 3.18. The Bertz CT molecular complexity index is 403. The van der Waals surface area contributed by atoms with Gasteiger partial charge in [0, 0.05) is 6.72 Å². The average molecular weight is 247 g/mol. The molecule has 0 atom stereocenters. The van der Waals surface area contributed by atoms with Crippen LogP contribution >= 0.6 is 12.2 Å². The van der Waals surface area contributed by atoms with Gasteiger partial charge in [-0.25, -0.2) is 0 Å². The summed E-state index contributed by atoms with van der Waals surface area (Å²) in [6.07, 6.45) is -4.43. The number of nitrogens with zero attached hydrogens (tertiary/aromatic N) is 1. The zero-order valence-corrected chi connectivity index (χ0v) is 8.82. The minimum Gasteiger partial charge on any atom is -0.331 e. The Labute approximate surface area is 95.3 Å². The molecule has 0 saturated carbocycles. The first-order valence-corrected chi connectivity index (χ1v) is 4.55. The van der Waals surface area contributed by atoms with Crippen molar-refractivity contribution in [1.29, 1.82) is 0 Å². The van der Waals surface area contributed by atoms with E-state index < -0.39 is 11.7 Å². The molecular formula is C9H8F3N3S. The Morgan fingerprint density at radius 1 is 1.31 bits per heavy atom. The first-order valence-electron chi connectivity index (χ1n) is 4.14. The van der Waals surface area contributed by atoms with Crippen LogP contribution in [0.25, 0.3) is 0 Å². The van der Waals surface area contributed by atoms with Gasteiger partial charge in [0.05, 0.1) is 11.3 Å². The summed E-state index contributed by atoms with van der Waals surface area (Å²) >= 11 is 4.69. The summed E-state index contributed by atoms with van der Waals surface area (Å²) in [5.74, 6) is 0. The van der Waals surface area contributed by atoms with Gasteiger partial charge < -0.3 is 5.32 Å². The summed E-state index contributed by atoms with van der Waals surface area (Å²) < 4.78 is 37.6. The van der Waals surface area contributed by atoms with Gasteiger partial charge in [-0.15, -0.1) is 0 Å². The molecule has 0 fully saturated rings. The fourth-order valence-electron chi connectivity index (χ4n) is 1.06. The van der Waals surface area contributed by atoms with E-state index in [-0.39, 0.29) is 10.8 Å². The van der Waals surface area contributed by atoms with Crippen molar-refractivity contribution >= 4 is 29.7 Å². The monoisotopic (exact) mass is 247 g/mol. The van der Waals surface area contributed by atoms with Crippen LogP contribution in [-0.4, -0.2) is 11.8 Å². The van der Waals surface area contributed by atoms with Crippen LogP contribution in [0, 0.1) is 0 Å². The van der Waals surface area contributed by atoms with Gasteiger partial charge in [0.1, 0.15) is 0 Å². The number of anilines is 1. The van der Waals surface area contributed by atoms with E-state index in [2.05, 4.69) is 22.6 Å². The van der Waals surface area contributed by atoms with E-state index in [1.165, 1.54) is 18.2 Å². The van der Waals surface area contributed by atoms with Crippen LogP contribution in [-0.2, 0) is 6.18 Å². The van der Waals surface area contributed by atoms with Crippen LogP contribution in [0.4, 0.5) is 18.9 Å². The SMILES string of the molecule is C=NNC(=S)Nc1ccccc1C(F)(F)F. The predicted molar refractivity (Wildman–Crippen MR) is 60.3 cm³/mol. The second-order valence-electron chi connectivity index (χ2n) is 2.77. The molecule has 0 radical (unpaired) electrons. The molecule has 3 nitrogen and oxygen atoms in total. The van der Waals surface area contributed by atoms with Gasteiger partial charge in [-0.3, -0.25) is 5.43 Å². The minimum atomic E-state index is -4.43. The first-order chi connectivity index (χ1) is 7.45. The number of hydrogen-bond acceptors (Lipinski definition) is 2. The van der Waals surface area contributed by atoms with Crippen LogP contribution < -0.4 is 10.7 Å². The van der Waals surface area contributed by atoms with Crippen LogP contribution in [0.1, 0.15) is 5.56 Å². The lowest BCUT2D eigenvalue weighted by molar-refractivity contribution is -0.136. The molecule has 0 spiro atoms. The van der Waals surface area contributed by atoms with Crippen LogP contribution in [0.3, 0.4) is 0 Å². The van der Waals surface area contributed by atoms with Crippen LogP contribution in [0.15, 0.2) is 29.4 Å². The number of halogens is 3. The van der Waals surface area contributed by atoms with Gasteiger partial charge in [0.2, 0.25) is 0 Å². The number of thiocarbonyl (C=S) groups is 1. The third-order valence-corrected chi connectivity index (χ3v) is 1.85. The van der Waals surface area contributed by atoms with Gasteiger partial charge in [-0.1, -0.05) is 12.1 Å². The highest BCUT2D eigenvalue weighted by molar-refractivity contribution is 7.80. The van der Waals surface area contributed by atoms with E-state index in [0.717, 1.165) is 6.07 Å². The van der Waals surface area contributed by atoms with Gasteiger partial charge in [0.25, 0.3) is 0 Å². The third kappa shape index (κ3) is 3.20. The number of para-hydroxylation sites is 1. The molecule has 0 saturated heterocycles. The third-order valence-electron chi connectivity index (χ3n) is 1.66. The Kier molecular flexibility index (Phi) is 3.83. The molecule has 0 unspecified atom stereocenters. The normalized spacial score (nSPS) is 10.7. The van der Waals surface area contributed by atoms with Crippen LogP contribution in [0.2, 0.25) is 0 Å². The molecule has 86 valence electrons. The molecule has 1 aromatic carbocycles. The van der Waals surface area contributed by atoms with Crippen molar-refractivity contribution in [3.05, 3.63) is 29.8 Å². The highest BCUT2D eigenvalue weighted by atomic mass is 32.1. The van der Waals surface area contributed by atoms with E-state index in [1.54, 1.807) is 0 Å². The van der Waals surface area contributed by atoms with Crippen molar-refractivity contribution in [2.75, 3.05) is 5.32 Å². The van der Waals surface area contributed by atoms with Crippen molar-refractivity contribution in [3.8, 4) is 0 Å². The Morgan fingerprint density at radius 2 is 1.94 bits per heavy atom. The standard InChI is InChI=1S/C9H8F3N3S/c1-13-15-8(16)14-7-5-3-2-4-6(7)9(10,11)12/h2-5H,1H2,(H2,14,15,16).